The molecule has 1 amide bonds. The Morgan fingerprint density at radius 3 is 2.38 bits per heavy atom. The number of hydrogen-bond acceptors (Lipinski definition) is 8. The fourth-order valence-electron chi connectivity index (χ4n) is 3.94. The zero-order valence-corrected chi connectivity index (χ0v) is 22.5. The van der Waals surface area contributed by atoms with E-state index in [1.54, 1.807) is 50.6 Å². The number of hydrogen-bond donors (Lipinski definition) is 1. The molecule has 1 N–H and O–H groups in total. The highest BCUT2D eigenvalue weighted by molar-refractivity contribution is 7.14. The fraction of sp³-hybridized carbons (Fsp3) is 0.103. The third-order valence-electron chi connectivity index (χ3n) is 5.84. The lowest BCUT2D eigenvalue weighted by Crippen LogP contribution is -2.21. The van der Waals surface area contributed by atoms with Crippen LogP contribution in [0.4, 0.5) is 5.13 Å². The maximum Gasteiger partial charge on any atom is 0.339 e. The summed E-state index contributed by atoms with van der Waals surface area (Å²) < 4.78 is 16.0. The summed E-state index contributed by atoms with van der Waals surface area (Å²) in [5.41, 5.74) is 3.79. The number of halogens is 1. The van der Waals surface area contributed by atoms with E-state index in [2.05, 4.69) is 15.3 Å². The summed E-state index contributed by atoms with van der Waals surface area (Å²) in [5, 5.41) is 6.09. The molecule has 0 fully saturated rings. The van der Waals surface area contributed by atoms with Gasteiger partial charge in [-0.1, -0.05) is 41.9 Å². The van der Waals surface area contributed by atoms with Crippen molar-refractivity contribution >= 4 is 50.8 Å². The first-order chi connectivity index (χ1) is 18.9. The molecule has 0 atom stereocenters. The quantitative estimate of drug-likeness (QED) is 0.217. The van der Waals surface area contributed by atoms with E-state index in [1.165, 1.54) is 11.3 Å². The maximum atomic E-state index is 13.1. The van der Waals surface area contributed by atoms with Crippen molar-refractivity contribution in [2.24, 2.45) is 0 Å². The Hall–Kier alpha value is -4.47. The van der Waals surface area contributed by atoms with Crippen LogP contribution in [0.1, 0.15) is 10.4 Å². The number of esters is 1. The lowest BCUT2D eigenvalue weighted by molar-refractivity contribution is -0.119. The van der Waals surface area contributed by atoms with Crippen molar-refractivity contribution in [1.29, 1.82) is 0 Å². The van der Waals surface area contributed by atoms with Crippen LogP contribution < -0.4 is 14.8 Å². The fourth-order valence-corrected chi connectivity index (χ4v) is 4.80. The first-order valence-corrected chi connectivity index (χ1v) is 13.0. The number of anilines is 1. The third kappa shape index (κ3) is 5.84. The average Bonchev–Trinajstić information content (AvgIpc) is 3.43. The Balaban J connectivity index is 1.28. The molecule has 196 valence electrons. The molecule has 0 radical (unpaired) electrons. The van der Waals surface area contributed by atoms with Gasteiger partial charge in [0.15, 0.2) is 23.2 Å². The second kappa shape index (κ2) is 11.5. The van der Waals surface area contributed by atoms with Gasteiger partial charge in [-0.05, 0) is 42.5 Å². The van der Waals surface area contributed by atoms with Crippen LogP contribution in [0.5, 0.6) is 11.5 Å². The number of pyridine rings is 1. The Kier molecular flexibility index (Phi) is 7.72. The van der Waals surface area contributed by atoms with Gasteiger partial charge < -0.3 is 14.2 Å². The smallest absolute Gasteiger partial charge is 0.339 e. The van der Waals surface area contributed by atoms with Crippen molar-refractivity contribution in [3.63, 3.8) is 0 Å². The van der Waals surface area contributed by atoms with E-state index in [4.69, 9.17) is 25.8 Å². The molecule has 2 heterocycles. The number of aromatic nitrogens is 2. The van der Waals surface area contributed by atoms with Gasteiger partial charge in [-0.3, -0.25) is 10.1 Å². The number of ether oxygens (including phenoxy) is 3. The number of para-hydroxylation sites is 1. The predicted molar refractivity (Wildman–Crippen MR) is 152 cm³/mol. The van der Waals surface area contributed by atoms with Crippen molar-refractivity contribution < 1.29 is 23.8 Å². The van der Waals surface area contributed by atoms with Crippen LogP contribution in [-0.2, 0) is 9.53 Å². The minimum Gasteiger partial charge on any atom is -0.493 e. The molecule has 0 saturated carbocycles. The number of amides is 1. The minimum absolute atomic E-state index is 0.309. The molecule has 0 aliphatic rings. The topological polar surface area (TPSA) is 99.6 Å². The maximum absolute atomic E-state index is 13.1. The summed E-state index contributed by atoms with van der Waals surface area (Å²) in [5.74, 6) is 0.0365. The van der Waals surface area contributed by atoms with E-state index >= 15 is 0 Å². The summed E-state index contributed by atoms with van der Waals surface area (Å²) in [6, 6.07) is 21.5. The van der Waals surface area contributed by atoms with Gasteiger partial charge in [0.05, 0.1) is 36.7 Å². The third-order valence-corrected chi connectivity index (χ3v) is 6.85. The van der Waals surface area contributed by atoms with Gasteiger partial charge in [-0.25, -0.2) is 14.8 Å². The standard InChI is InChI=1S/C29H22ClN3O5S/c1-36-25-12-9-18(13-26(25)37-2)24-16-39-29(32-24)33-27(34)15-38-28(35)21-14-23(17-7-10-19(30)11-8-17)31-22-6-4-3-5-20(21)22/h3-14,16H,15H2,1-2H3,(H,32,33,34). The summed E-state index contributed by atoms with van der Waals surface area (Å²) in [6.45, 7) is -0.475. The van der Waals surface area contributed by atoms with Gasteiger partial charge in [0.1, 0.15) is 0 Å². The predicted octanol–water partition coefficient (Wildman–Crippen LogP) is 6.49. The molecule has 2 aromatic heterocycles. The van der Waals surface area contributed by atoms with Crippen molar-refractivity contribution in [3.8, 4) is 34.0 Å². The number of carbonyl (C=O) groups is 2. The van der Waals surface area contributed by atoms with E-state index in [0.29, 0.717) is 49.5 Å². The number of fused-ring (bicyclic) bond motifs is 1. The normalized spacial score (nSPS) is 10.7. The zero-order valence-electron chi connectivity index (χ0n) is 20.9. The highest BCUT2D eigenvalue weighted by Crippen LogP contribution is 2.33. The van der Waals surface area contributed by atoms with E-state index < -0.39 is 18.5 Å². The van der Waals surface area contributed by atoms with Crippen LogP contribution in [0.2, 0.25) is 5.02 Å². The average molecular weight is 560 g/mol. The van der Waals surface area contributed by atoms with Gasteiger partial charge in [0, 0.05) is 26.9 Å². The molecule has 10 heteroatoms. The van der Waals surface area contributed by atoms with Crippen LogP contribution >= 0.6 is 22.9 Å². The molecule has 0 aliphatic heterocycles. The van der Waals surface area contributed by atoms with E-state index in [1.807, 2.05) is 41.8 Å². The molecule has 0 spiro atoms. The van der Waals surface area contributed by atoms with Crippen LogP contribution in [-0.4, -0.2) is 42.7 Å². The van der Waals surface area contributed by atoms with Gasteiger partial charge in [-0.15, -0.1) is 11.3 Å². The van der Waals surface area contributed by atoms with Crippen LogP contribution in [0.25, 0.3) is 33.4 Å². The first-order valence-electron chi connectivity index (χ1n) is 11.8. The van der Waals surface area contributed by atoms with E-state index in [9.17, 15) is 9.59 Å². The highest BCUT2D eigenvalue weighted by atomic mass is 35.5. The molecule has 5 aromatic rings. The Morgan fingerprint density at radius 1 is 0.872 bits per heavy atom. The lowest BCUT2D eigenvalue weighted by Gasteiger charge is -2.10. The minimum atomic E-state index is -0.635. The van der Waals surface area contributed by atoms with Gasteiger partial charge in [-0.2, -0.15) is 0 Å². The summed E-state index contributed by atoms with van der Waals surface area (Å²) in [6.07, 6.45) is 0. The van der Waals surface area contributed by atoms with Crippen molar-refractivity contribution in [1.82, 2.24) is 9.97 Å². The second-order valence-corrected chi connectivity index (χ2v) is 9.61. The zero-order chi connectivity index (χ0) is 27.4. The number of nitrogens with one attached hydrogen (secondary N) is 1. The van der Waals surface area contributed by atoms with Gasteiger partial charge >= 0.3 is 5.97 Å². The Labute approximate surface area is 233 Å². The molecule has 5 rings (SSSR count). The second-order valence-electron chi connectivity index (χ2n) is 8.31. The molecule has 0 bridgehead atoms. The number of thiazole rings is 1. The summed E-state index contributed by atoms with van der Waals surface area (Å²) in [4.78, 5) is 34.8. The highest BCUT2D eigenvalue weighted by Gasteiger charge is 2.17. The monoisotopic (exact) mass is 559 g/mol. The Bertz CT molecular complexity index is 1670. The first kappa shape index (κ1) is 26.1. The SMILES string of the molecule is COc1ccc(-c2csc(NC(=O)COC(=O)c3cc(-c4ccc(Cl)cc4)nc4ccccc34)n2)cc1OC. The lowest BCUT2D eigenvalue weighted by atomic mass is 10.0. The summed E-state index contributed by atoms with van der Waals surface area (Å²) in [7, 11) is 3.12. The largest absolute Gasteiger partial charge is 0.493 e. The molecular formula is C29H22ClN3O5S. The number of rotatable bonds is 8. The van der Waals surface area contributed by atoms with E-state index in [-0.39, 0.29) is 0 Å². The van der Waals surface area contributed by atoms with Crippen LogP contribution in [0.15, 0.2) is 78.2 Å². The van der Waals surface area contributed by atoms with Crippen molar-refractivity contribution in [3.05, 3.63) is 88.8 Å². The van der Waals surface area contributed by atoms with Gasteiger partial charge in [0.25, 0.3) is 5.91 Å². The van der Waals surface area contributed by atoms with Gasteiger partial charge in [0.2, 0.25) is 0 Å². The molecular weight excluding hydrogens is 538 g/mol. The molecule has 0 unspecified atom stereocenters. The number of methoxy groups -OCH3 is 2. The summed E-state index contributed by atoms with van der Waals surface area (Å²) >= 11 is 7.27. The Morgan fingerprint density at radius 2 is 1.62 bits per heavy atom. The van der Waals surface area contributed by atoms with E-state index in [0.717, 1.165) is 11.1 Å². The molecule has 0 aliphatic carbocycles. The number of carbonyl (C=O) groups excluding carboxylic acids is 2. The van der Waals surface area contributed by atoms with Crippen LogP contribution in [0.3, 0.4) is 0 Å². The van der Waals surface area contributed by atoms with Crippen LogP contribution in [0, 0.1) is 0 Å². The molecule has 3 aromatic carbocycles. The number of nitrogens with zero attached hydrogens (tertiary/aromatic N) is 2. The molecule has 39 heavy (non-hydrogen) atoms. The number of benzene rings is 3. The van der Waals surface area contributed by atoms with Crippen molar-refractivity contribution in [2.45, 2.75) is 0 Å². The molecule has 0 saturated heterocycles. The van der Waals surface area contributed by atoms with Crippen molar-refractivity contribution in [2.75, 3.05) is 26.1 Å². The molecule has 8 nitrogen and oxygen atoms in total.